The summed E-state index contributed by atoms with van der Waals surface area (Å²) in [5, 5.41) is 17.4. The van der Waals surface area contributed by atoms with Crippen LogP contribution in [0.25, 0.3) is 0 Å². The Morgan fingerprint density at radius 2 is 2.17 bits per heavy atom. The van der Waals surface area contributed by atoms with E-state index in [9.17, 15) is 4.79 Å². The van der Waals surface area contributed by atoms with Crippen LogP contribution in [0.2, 0.25) is 0 Å². The zero-order valence-corrected chi connectivity index (χ0v) is 7.37. The molecule has 0 aromatic heterocycles. The fourth-order valence-corrected chi connectivity index (χ4v) is 1.60. The first-order valence-corrected chi connectivity index (χ1v) is 4.12. The van der Waals surface area contributed by atoms with Gasteiger partial charge in [0.25, 0.3) is 0 Å². The van der Waals surface area contributed by atoms with Crippen molar-refractivity contribution in [2.24, 2.45) is 17.3 Å². The summed E-state index contributed by atoms with van der Waals surface area (Å²) in [5.74, 6) is -1.42. The van der Waals surface area contributed by atoms with Crippen LogP contribution in [0.5, 0.6) is 0 Å². The van der Waals surface area contributed by atoms with E-state index < -0.39 is 11.9 Å². The number of carboxylic acid groups (broad SMARTS) is 1. The molecule has 0 aromatic carbocycles. The lowest BCUT2D eigenvalue weighted by molar-refractivity contribution is -0.143. The molecule has 1 fully saturated rings. The van der Waals surface area contributed by atoms with E-state index >= 15 is 0 Å². The van der Waals surface area contributed by atoms with Crippen LogP contribution >= 0.6 is 0 Å². The van der Waals surface area contributed by atoms with Crippen molar-refractivity contribution in [3.05, 3.63) is 0 Å². The quantitative estimate of drug-likeness (QED) is 0.695. The second kappa shape index (κ2) is 2.78. The molecular weight excluding hydrogens is 154 g/mol. The third-order valence-corrected chi connectivity index (χ3v) is 2.75. The number of hydrogen-bond donors (Lipinski definition) is 1. The van der Waals surface area contributed by atoms with Crippen LogP contribution in [0.15, 0.2) is 0 Å². The zero-order valence-electron chi connectivity index (χ0n) is 7.37. The molecule has 1 saturated carbocycles. The van der Waals surface area contributed by atoms with E-state index in [2.05, 4.69) is 0 Å². The highest BCUT2D eigenvalue weighted by atomic mass is 16.4. The number of rotatable bonds is 3. The standard InChI is InChI=1S/C9H13NO2/c1-9(2,6-3-4-6)7(5-10)8(11)12/h6-7H,3-4H2,1-2H3,(H,11,12). The largest absolute Gasteiger partial charge is 0.480 e. The fraction of sp³-hybridized carbons (Fsp3) is 0.778. The van der Waals surface area contributed by atoms with E-state index in [-0.39, 0.29) is 5.41 Å². The minimum atomic E-state index is -0.991. The molecule has 1 atom stereocenters. The van der Waals surface area contributed by atoms with Gasteiger partial charge in [0.1, 0.15) is 5.92 Å². The molecule has 0 aromatic rings. The molecular formula is C9H13NO2. The first-order chi connectivity index (χ1) is 5.50. The van der Waals surface area contributed by atoms with E-state index in [0.717, 1.165) is 12.8 Å². The second-order valence-electron chi connectivity index (χ2n) is 4.00. The van der Waals surface area contributed by atoms with Crippen LogP contribution < -0.4 is 0 Å². The topological polar surface area (TPSA) is 61.1 Å². The molecule has 3 heteroatoms. The minimum Gasteiger partial charge on any atom is -0.480 e. The molecule has 1 unspecified atom stereocenters. The van der Waals surface area contributed by atoms with Crippen molar-refractivity contribution in [3.63, 3.8) is 0 Å². The number of nitriles is 1. The van der Waals surface area contributed by atoms with Gasteiger partial charge in [0, 0.05) is 0 Å². The summed E-state index contributed by atoms with van der Waals surface area (Å²) in [6.45, 7) is 3.74. The first-order valence-electron chi connectivity index (χ1n) is 4.12. The van der Waals surface area contributed by atoms with Crippen molar-refractivity contribution >= 4 is 5.97 Å². The van der Waals surface area contributed by atoms with Gasteiger partial charge in [0.05, 0.1) is 6.07 Å². The first kappa shape index (κ1) is 9.05. The summed E-state index contributed by atoms with van der Waals surface area (Å²) in [6.07, 6.45) is 2.14. The highest BCUT2D eigenvalue weighted by Crippen LogP contribution is 2.49. The third kappa shape index (κ3) is 1.42. The van der Waals surface area contributed by atoms with Gasteiger partial charge in [-0.3, -0.25) is 4.79 Å². The molecule has 0 spiro atoms. The van der Waals surface area contributed by atoms with Gasteiger partial charge in [-0.2, -0.15) is 5.26 Å². The average Bonchev–Trinajstić information content (AvgIpc) is 2.66. The molecule has 66 valence electrons. The van der Waals surface area contributed by atoms with Crippen LogP contribution in [-0.2, 0) is 4.79 Å². The van der Waals surface area contributed by atoms with Gasteiger partial charge in [-0.25, -0.2) is 0 Å². The second-order valence-corrected chi connectivity index (χ2v) is 4.00. The molecule has 0 heterocycles. The van der Waals surface area contributed by atoms with Gasteiger partial charge >= 0.3 is 5.97 Å². The Balaban J connectivity index is 2.77. The highest BCUT2D eigenvalue weighted by Gasteiger charge is 2.46. The molecule has 1 aliphatic rings. The summed E-state index contributed by atoms with van der Waals surface area (Å²) in [6, 6.07) is 1.86. The fourth-order valence-electron chi connectivity index (χ4n) is 1.60. The van der Waals surface area contributed by atoms with Crippen LogP contribution in [-0.4, -0.2) is 11.1 Å². The molecule has 0 saturated heterocycles. The monoisotopic (exact) mass is 167 g/mol. The van der Waals surface area contributed by atoms with E-state index in [1.165, 1.54) is 0 Å². The normalized spacial score (nSPS) is 19.8. The average molecular weight is 167 g/mol. The smallest absolute Gasteiger partial charge is 0.321 e. The van der Waals surface area contributed by atoms with Crippen molar-refractivity contribution in [2.75, 3.05) is 0 Å². The number of nitrogens with zero attached hydrogens (tertiary/aromatic N) is 1. The Kier molecular flexibility index (Phi) is 2.10. The molecule has 1 N–H and O–H groups in total. The zero-order chi connectivity index (χ0) is 9.35. The molecule has 0 aliphatic heterocycles. The van der Waals surface area contributed by atoms with Crippen LogP contribution in [0.1, 0.15) is 26.7 Å². The maximum atomic E-state index is 10.7. The molecule has 3 nitrogen and oxygen atoms in total. The molecule has 0 amide bonds. The van der Waals surface area contributed by atoms with Crippen molar-refractivity contribution in [1.82, 2.24) is 0 Å². The number of carbonyl (C=O) groups is 1. The molecule has 0 radical (unpaired) electrons. The van der Waals surface area contributed by atoms with Crippen molar-refractivity contribution in [2.45, 2.75) is 26.7 Å². The maximum absolute atomic E-state index is 10.7. The SMILES string of the molecule is CC(C)(C1CC1)C(C#N)C(=O)O. The van der Waals surface area contributed by atoms with E-state index in [1.807, 2.05) is 19.9 Å². The van der Waals surface area contributed by atoms with Crippen LogP contribution in [0.4, 0.5) is 0 Å². The molecule has 0 bridgehead atoms. The van der Waals surface area contributed by atoms with Crippen molar-refractivity contribution in [3.8, 4) is 6.07 Å². The van der Waals surface area contributed by atoms with Gasteiger partial charge < -0.3 is 5.11 Å². The lowest BCUT2D eigenvalue weighted by Crippen LogP contribution is -2.31. The molecule has 12 heavy (non-hydrogen) atoms. The summed E-state index contributed by atoms with van der Waals surface area (Å²) in [4.78, 5) is 10.7. The summed E-state index contributed by atoms with van der Waals surface area (Å²) < 4.78 is 0. The van der Waals surface area contributed by atoms with Gasteiger partial charge in [0.15, 0.2) is 0 Å². The van der Waals surface area contributed by atoms with Gasteiger partial charge in [-0.15, -0.1) is 0 Å². The predicted molar refractivity (Wildman–Crippen MR) is 43.2 cm³/mol. The number of hydrogen-bond acceptors (Lipinski definition) is 2. The van der Waals surface area contributed by atoms with Crippen LogP contribution in [0.3, 0.4) is 0 Å². The lowest BCUT2D eigenvalue weighted by atomic mass is 9.75. The Morgan fingerprint density at radius 1 is 1.67 bits per heavy atom. The van der Waals surface area contributed by atoms with E-state index in [1.54, 1.807) is 0 Å². The Labute approximate surface area is 72.0 Å². The van der Waals surface area contributed by atoms with E-state index in [4.69, 9.17) is 10.4 Å². The highest BCUT2D eigenvalue weighted by molar-refractivity contribution is 5.74. The summed E-state index contributed by atoms with van der Waals surface area (Å²) in [5.41, 5.74) is -0.361. The van der Waals surface area contributed by atoms with Crippen molar-refractivity contribution in [1.29, 1.82) is 5.26 Å². The molecule has 1 rings (SSSR count). The Bertz CT molecular complexity index is 235. The summed E-state index contributed by atoms with van der Waals surface area (Å²) in [7, 11) is 0. The van der Waals surface area contributed by atoms with Gasteiger partial charge in [0.2, 0.25) is 0 Å². The number of aliphatic carboxylic acids is 1. The third-order valence-electron chi connectivity index (χ3n) is 2.75. The Morgan fingerprint density at radius 3 is 2.42 bits per heavy atom. The summed E-state index contributed by atoms with van der Waals surface area (Å²) >= 11 is 0. The van der Waals surface area contributed by atoms with Crippen molar-refractivity contribution < 1.29 is 9.90 Å². The predicted octanol–water partition coefficient (Wildman–Crippen LogP) is 1.65. The maximum Gasteiger partial charge on any atom is 0.321 e. The molecule has 1 aliphatic carbocycles. The number of carboxylic acids is 1. The van der Waals surface area contributed by atoms with Gasteiger partial charge in [-0.05, 0) is 24.2 Å². The van der Waals surface area contributed by atoms with Gasteiger partial charge in [-0.1, -0.05) is 13.8 Å². The lowest BCUT2D eigenvalue weighted by Gasteiger charge is -2.26. The van der Waals surface area contributed by atoms with Crippen LogP contribution in [0, 0.1) is 28.6 Å². The Hall–Kier alpha value is -1.04. The van der Waals surface area contributed by atoms with E-state index in [0.29, 0.717) is 5.92 Å². The minimum absolute atomic E-state index is 0.361.